The van der Waals surface area contributed by atoms with Crippen molar-refractivity contribution in [1.29, 1.82) is 0 Å². The highest BCUT2D eigenvalue weighted by Gasteiger charge is 2.30. The summed E-state index contributed by atoms with van der Waals surface area (Å²) in [6.45, 7) is 4.54. The molecule has 0 bridgehead atoms. The molecule has 2 aromatic rings. The minimum absolute atomic E-state index is 0.00468. The normalized spacial score (nSPS) is 19.3. The van der Waals surface area contributed by atoms with E-state index in [9.17, 15) is 4.79 Å². The van der Waals surface area contributed by atoms with E-state index in [1.165, 1.54) is 17.6 Å². The van der Waals surface area contributed by atoms with Gasteiger partial charge >= 0.3 is 0 Å². The van der Waals surface area contributed by atoms with E-state index in [1.807, 2.05) is 25.1 Å². The Morgan fingerprint density at radius 2 is 2.30 bits per heavy atom. The van der Waals surface area contributed by atoms with Gasteiger partial charge in [0.25, 0.3) is 5.91 Å². The fourth-order valence-corrected chi connectivity index (χ4v) is 4.12. The molecule has 1 aromatic heterocycles. The van der Waals surface area contributed by atoms with Gasteiger partial charge in [0.05, 0.1) is 29.5 Å². The Morgan fingerprint density at radius 3 is 3.04 bits per heavy atom. The second-order valence-corrected chi connectivity index (χ2v) is 7.32. The van der Waals surface area contributed by atoms with Gasteiger partial charge in [-0.25, -0.2) is 4.98 Å². The lowest BCUT2D eigenvalue weighted by Crippen LogP contribution is -2.39. The van der Waals surface area contributed by atoms with Crippen LogP contribution in [-0.2, 0) is 19.0 Å². The van der Waals surface area contributed by atoms with E-state index in [0.29, 0.717) is 31.5 Å². The number of amides is 1. The molecule has 4 rings (SSSR count). The molecular formula is C19H22N2O5S. The van der Waals surface area contributed by atoms with Gasteiger partial charge < -0.3 is 18.9 Å². The first kappa shape index (κ1) is 18.1. The molecule has 7 nitrogen and oxygen atoms in total. The zero-order valence-electron chi connectivity index (χ0n) is 15.2. The van der Waals surface area contributed by atoms with Gasteiger partial charge in [0, 0.05) is 6.61 Å². The number of hydrogen-bond acceptors (Lipinski definition) is 7. The molecule has 2 aliphatic rings. The standard InChI is InChI=1S/C19H22N2O5S/c1-2-24-13-5-6-15-17(10-13)27-19(20-15)21(11-14-4-3-7-25-14)18(22)16-12-23-8-9-26-16/h5-6,10,12,14H,2-4,7-9,11H2,1H3. The molecule has 1 fully saturated rings. The topological polar surface area (TPSA) is 70.1 Å². The third-order valence-corrected chi connectivity index (χ3v) is 5.45. The van der Waals surface area contributed by atoms with Crippen LogP contribution in [-0.4, -0.2) is 50.0 Å². The van der Waals surface area contributed by atoms with Gasteiger partial charge in [-0.15, -0.1) is 0 Å². The Hall–Kier alpha value is -2.32. The number of carbonyl (C=O) groups excluding carboxylic acids is 1. The average Bonchev–Trinajstić information content (AvgIpc) is 3.35. The lowest BCUT2D eigenvalue weighted by atomic mass is 10.2. The van der Waals surface area contributed by atoms with Crippen molar-refractivity contribution in [3.8, 4) is 5.75 Å². The van der Waals surface area contributed by atoms with Gasteiger partial charge in [0.2, 0.25) is 5.76 Å². The molecule has 1 atom stereocenters. The van der Waals surface area contributed by atoms with Crippen molar-refractivity contribution >= 4 is 32.6 Å². The maximum atomic E-state index is 13.1. The summed E-state index contributed by atoms with van der Waals surface area (Å²) in [5, 5.41) is 0.620. The Labute approximate surface area is 161 Å². The predicted molar refractivity (Wildman–Crippen MR) is 102 cm³/mol. The first-order valence-corrected chi connectivity index (χ1v) is 9.97. The molecular weight excluding hydrogens is 368 g/mol. The summed E-state index contributed by atoms with van der Waals surface area (Å²) >= 11 is 1.46. The third kappa shape index (κ3) is 4.01. The smallest absolute Gasteiger partial charge is 0.298 e. The number of rotatable bonds is 6. The van der Waals surface area contributed by atoms with Gasteiger partial charge in [0.15, 0.2) is 5.13 Å². The summed E-state index contributed by atoms with van der Waals surface area (Å²) in [7, 11) is 0. The van der Waals surface area contributed by atoms with Crippen LogP contribution in [0.25, 0.3) is 10.2 Å². The number of benzene rings is 1. The summed E-state index contributed by atoms with van der Waals surface area (Å²) in [4.78, 5) is 19.4. The van der Waals surface area contributed by atoms with E-state index in [4.69, 9.17) is 18.9 Å². The van der Waals surface area contributed by atoms with Crippen molar-refractivity contribution < 1.29 is 23.7 Å². The highest BCUT2D eigenvalue weighted by atomic mass is 32.1. The Balaban J connectivity index is 1.65. The van der Waals surface area contributed by atoms with Gasteiger partial charge in [-0.05, 0) is 38.0 Å². The molecule has 0 saturated carbocycles. The largest absolute Gasteiger partial charge is 0.494 e. The summed E-state index contributed by atoms with van der Waals surface area (Å²) in [6.07, 6.45) is 3.33. The second-order valence-electron chi connectivity index (χ2n) is 6.31. The summed E-state index contributed by atoms with van der Waals surface area (Å²) in [5.41, 5.74) is 0.832. The van der Waals surface area contributed by atoms with E-state index < -0.39 is 0 Å². The average molecular weight is 390 g/mol. The van der Waals surface area contributed by atoms with Crippen molar-refractivity contribution in [1.82, 2.24) is 4.98 Å². The van der Waals surface area contributed by atoms with Crippen LogP contribution < -0.4 is 9.64 Å². The van der Waals surface area contributed by atoms with Crippen molar-refractivity contribution in [2.75, 3.05) is 37.9 Å². The number of anilines is 1. The van der Waals surface area contributed by atoms with E-state index in [-0.39, 0.29) is 17.8 Å². The van der Waals surface area contributed by atoms with Crippen LogP contribution in [0, 0.1) is 0 Å². The van der Waals surface area contributed by atoms with Crippen molar-refractivity contribution in [3.63, 3.8) is 0 Å². The number of nitrogens with zero attached hydrogens (tertiary/aromatic N) is 2. The molecule has 0 radical (unpaired) electrons. The SMILES string of the molecule is CCOc1ccc2nc(N(CC3CCCO3)C(=O)C3=COCCO3)sc2c1. The minimum Gasteiger partial charge on any atom is -0.494 e. The number of hydrogen-bond donors (Lipinski definition) is 0. The quantitative estimate of drug-likeness (QED) is 0.755. The molecule has 3 heterocycles. The zero-order valence-corrected chi connectivity index (χ0v) is 16.0. The first-order valence-electron chi connectivity index (χ1n) is 9.16. The second kappa shape index (κ2) is 8.14. The number of aromatic nitrogens is 1. The van der Waals surface area contributed by atoms with E-state index in [2.05, 4.69) is 4.98 Å². The van der Waals surface area contributed by atoms with Crippen LogP contribution in [0.1, 0.15) is 19.8 Å². The van der Waals surface area contributed by atoms with Crippen molar-refractivity contribution in [2.24, 2.45) is 0 Å². The Bertz CT molecular complexity index is 844. The van der Waals surface area contributed by atoms with Crippen LogP contribution in [0.4, 0.5) is 5.13 Å². The Kier molecular flexibility index (Phi) is 5.45. The summed E-state index contributed by atoms with van der Waals surface area (Å²) in [5.74, 6) is 0.742. The van der Waals surface area contributed by atoms with Crippen LogP contribution >= 0.6 is 11.3 Å². The lowest BCUT2D eigenvalue weighted by Gasteiger charge is -2.25. The first-order chi connectivity index (χ1) is 13.2. The van der Waals surface area contributed by atoms with Crippen LogP contribution in [0.15, 0.2) is 30.2 Å². The predicted octanol–water partition coefficient (Wildman–Crippen LogP) is 3.10. The molecule has 1 aromatic carbocycles. The zero-order chi connectivity index (χ0) is 18.6. The van der Waals surface area contributed by atoms with E-state index >= 15 is 0 Å². The Morgan fingerprint density at radius 1 is 1.37 bits per heavy atom. The molecule has 144 valence electrons. The highest BCUT2D eigenvalue weighted by molar-refractivity contribution is 7.22. The van der Waals surface area contributed by atoms with Crippen molar-refractivity contribution in [3.05, 3.63) is 30.2 Å². The van der Waals surface area contributed by atoms with Crippen LogP contribution in [0.2, 0.25) is 0 Å². The number of ether oxygens (including phenoxy) is 4. The number of carbonyl (C=O) groups is 1. The molecule has 2 aliphatic heterocycles. The number of fused-ring (bicyclic) bond motifs is 1. The van der Waals surface area contributed by atoms with Crippen LogP contribution in [0.5, 0.6) is 5.75 Å². The third-order valence-electron chi connectivity index (χ3n) is 4.41. The molecule has 0 aliphatic carbocycles. The van der Waals surface area contributed by atoms with Crippen LogP contribution in [0.3, 0.4) is 0 Å². The molecule has 1 amide bonds. The molecule has 1 saturated heterocycles. The minimum atomic E-state index is -0.255. The highest BCUT2D eigenvalue weighted by Crippen LogP contribution is 2.33. The monoisotopic (exact) mass is 390 g/mol. The maximum Gasteiger partial charge on any atom is 0.298 e. The number of thiazole rings is 1. The fourth-order valence-electron chi connectivity index (χ4n) is 3.12. The van der Waals surface area contributed by atoms with Gasteiger partial charge in [-0.3, -0.25) is 9.69 Å². The molecule has 8 heteroatoms. The summed E-state index contributed by atoms with van der Waals surface area (Å²) < 4.78 is 23.0. The molecule has 0 N–H and O–H groups in total. The molecule has 1 unspecified atom stereocenters. The fraction of sp³-hybridized carbons (Fsp3) is 0.474. The maximum absolute atomic E-state index is 13.1. The summed E-state index contributed by atoms with van der Waals surface area (Å²) in [6, 6.07) is 5.75. The van der Waals surface area contributed by atoms with Gasteiger partial charge in [-0.1, -0.05) is 11.3 Å². The molecule has 0 spiro atoms. The van der Waals surface area contributed by atoms with Gasteiger partial charge in [-0.2, -0.15) is 0 Å². The van der Waals surface area contributed by atoms with E-state index in [0.717, 1.165) is 35.4 Å². The van der Waals surface area contributed by atoms with Gasteiger partial charge in [0.1, 0.15) is 25.2 Å². The lowest BCUT2D eigenvalue weighted by molar-refractivity contribution is -0.120. The molecule has 27 heavy (non-hydrogen) atoms. The van der Waals surface area contributed by atoms with Crippen molar-refractivity contribution in [2.45, 2.75) is 25.9 Å². The van der Waals surface area contributed by atoms with E-state index in [1.54, 1.807) is 4.90 Å².